The molecule has 1 aliphatic heterocycles. The van der Waals surface area contributed by atoms with Gasteiger partial charge < -0.3 is 14.6 Å². The van der Waals surface area contributed by atoms with Gasteiger partial charge in [-0.3, -0.25) is 14.5 Å². The van der Waals surface area contributed by atoms with Crippen LogP contribution in [0.15, 0.2) is 60.2 Å². The van der Waals surface area contributed by atoms with Crippen molar-refractivity contribution >= 4 is 34.7 Å². The predicted molar refractivity (Wildman–Crippen MR) is 122 cm³/mol. The number of amides is 1. The molecule has 4 rings (SSSR count). The van der Waals surface area contributed by atoms with Crippen molar-refractivity contribution < 1.29 is 37.3 Å². The van der Waals surface area contributed by atoms with Crippen LogP contribution in [0.3, 0.4) is 0 Å². The maximum absolute atomic E-state index is 14.7. The molecule has 1 heterocycles. The summed E-state index contributed by atoms with van der Waals surface area (Å²) in [6.45, 7) is 0. The van der Waals surface area contributed by atoms with E-state index in [-0.39, 0.29) is 27.6 Å². The largest absolute Gasteiger partial charge is 0.507 e. The van der Waals surface area contributed by atoms with Crippen LogP contribution in [0.2, 0.25) is 5.02 Å². The van der Waals surface area contributed by atoms with Crippen LogP contribution in [0.25, 0.3) is 5.76 Å². The molecule has 35 heavy (non-hydrogen) atoms. The number of methoxy groups -OCH3 is 2. The molecule has 0 saturated carbocycles. The number of carbonyl (C=O) groups is 2. The summed E-state index contributed by atoms with van der Waals surface area (Å²) in [5, 5.41) is 11.4. The van der Waals surface area contributed by atoms with Crippen LogP contribution in [0.4, 0.5) is 18.9 Å². The summed E-state index contributed by atoms with van der Waals surface area (Å²) >= 11 is 6.13. The minimum atomic E-state index is -1.37. The number of rotatable bonds is 5. The van der Waals surface area contributed by atoms with Gasteiger partial charge in [-0.25, -0.2) is 13.2 Å². The number of hydrogen-bond acceptors (Lipinski definition) is 5. The van der Waals surface area contributed by atoms with Crippen LogP contribution in [0.1, 0.15) is 17.2 Å². The van der Waals surface area contributed by atoms with Gasteiger partial charge in [-0.05, 0) is 35.9 Å². The molecular weight excluding hydrogens is 487 g/mol. The number of halogens is 4. The van der Waals surface area contributed by atoms with Crippen LogP contribution in [0.5, 0.6) is 11.5 Å². The summed E-state index contributed by atoms with van der Waals surface area (Å²) in [6.07, 6.45) is 0. The van der Waals surface area contributed by atoms with Crippen molar-refractivity contribution in [3.63, 3.8) is 0 Å². The Bertz CT molecular complexity index is 1370. The average molecular weight is 504 g/mol. The van der Waals surface area contributed by atoms with E-state index in [0.29, 0.717) is 6.07 Å². The van der Waals surface area contributed by atoms with Gasteiger partial charge in [0.25, 0.3) is 11.7 Å². The zero-order valence-electron chi connectivity index (χ0n) is 18.3. The number of benzene rings is 3. The third-order valence-electron chi connectivity index (χ3n) is 5.53. The van der Waals surface area contributed by atoms with E-state index in [1.807, 2.05) is 0 Å². The molecule has 1 unspecified atom stereocenters. The fourth-order valence-electron chi connectivity index (χ4n) is 3.91. The Morgan fingerprint density at radius 3 is 2.14 bits per heavy atom. The Labute approximate surface area is 202 Å². The van der Waals surface area contributed by atoms with E-state index in [4.69, 9.17) is 21.1 Å². The first-order valence-electron chi connectivity index (χ1n) is 10.1. The Morgan fingerprint density at radius 1 is 0.914 bits per heavy atom. The normalized spacial score (nSPS) is 17.1. The maximum atomic E-state index is 14.7. The Kier molecular flexibility index (Phi) is 6.45. The van der Waals surface area contributed by atoms with Crippen molar-refractivity contribution in [3.8, 4) is 11.5 Å². The zero-order valence-corrected chi connectivity index (χ0v) is 19.1. The zero-order chi connectivity index (χ0) is 25.4. The lowest BCUT2D eigenvalue weighted by atomic mass is 9.94. The smallest absolute Gasteiger partial charge is 0.300 e. The second-order valence-electron chi connectivity index (χ2n) is 7.50. The van der Waals surface area contributed by atoms with Gasteiger partial charge in [0.05, 0.1) is 42.1 Å². The van der Waals surface area contributed by atoms with Gasteiger partial charge in [0, 0.05) is 12.1 Å². The third kappa shape index (κ3) is 4.19. The lowest BCUT2D eigenvalue weighted by Gasteiger charge is -2.26. The first kappa shape index (κ1) is 24.2. The number of hydrogen-bond donors (Lipinski definition) is 1. The Morgan fingerprint density at radius 2 is 1.54 bits per heavy atom. The average Bonchev–Trinajstić information content (AvgIpc) is 3.09. The van der Waals surface area contributed by atoms with E-state index in [1.165, 1.54) is 38.5 Å². The summed E-state index contributed by atoms with van der Waals surface area (Å²) in [5.74, 6) is -5.36. The van der Waals surface area contributed by atoms with Crippen molar-refractivity contribution in [2.75, 3.05) is 19.1 Å². The summed E-state index contributed by atoms with van der Waals surface area (Å²) in [5.41, 5.74) is -0.662. The quantitative estimate of drug-likeness (QED) is 0.286. The van der Waals surface area contributed by atoms with E-state index >= 15 is 0 Å². The molecule has 1 amide bonds. The number of ether oxygens (including phenoxy) is 2. The number of nitrogens with zero attached hydrogens (tertiary/aromatic N) is 1. The SMILES string of the molecule is COc1cc(/C(O)=C2\C(=O)C(=O)N(c3ccc(F)cc3F)C2c2ccc(F)cc2)c(OC)cc1Cl. The summed E-state index contributed by atoms with van der Waals surface area (Å²) in [6, 6.07) is 8.50. The van der Waals surface area contributed by atoms with Crippen LogP contribution in [-0.4, -0.2) is 31.0 Å². The van der Waals surface area contributed by atoms with Crippen LogP contribution in [0, 0.1) is 17.5 Å². The number of ketones is 1. The summed E-state index contributed by atoms with van der Waals surface area (Å²) < 4.78 is 52.4. The monoisotopic (exact) mass is 503 g/mol. The third-order valence-corrected chi connectivity index (χ3v) is 5.82. The van der Waals surface area contributed by atoms with Crippen molar-refractivity contribution in [2.24, 2.45) is 0 Å². The van der Waals surface area contributed by atoms with E-state index in [0.717, 1.165) is 29.2 Å². The lowest BCUT2D eigenvalue weighted by molar-refractivity contribution is -0.132. The highest BCUT2D eigenvalue weighted by atomic mass is 35.5. The first-order valence-corrected chi connectivity index (χ1v) is 10.5. The standard InChI is InChI=1S/C25H17ClF3NO5/c1-34-19-11-16(26)20(35-2)10-15(19)23(31)21-22(12-3-5-13(27)6-4-12)30(25(33)24(21)32)18-8-7-14(28)9-17(18)29/h3-11,22,31H,1-2H3/b23-21+. The topological polar surface area (TPSA) is 76.1 Å². The van der Waals surface area contributed by atoms with Crippen molar-refractivity contribution in [2.45, 2.75) is 6.04 Å². The van der Waals surface area contributed by atoms with E-state index < -0.39 is 52.2 Å². The molecule has 0 spiro atoms. The number of Topliss-reactive ketones (excluding diaryl/α,β-unsaturated/α-hetero) is 1. The van der Waals surface area contributed by atoms with Crippen LogP contribution in [-0.2, 0) is 9.59 Å². The molecule has 3 aromatic rings. The van der Waals surface area contributed by atoms with Crippen molar-refractivity contribution in [1.29, 1.82) is 0 Å². The van der Waals surface area contributed by atoms with Gasteiger partial charge in [0.2, 0.25) is 0 Å². The summed E-state index contributed by atoms with van der Waals surface area (Å²) in [4.78, 5) is 27.1. The molecule has 1 fully saturated rings. The number of aliphatic hydroxyl groups is 1. The second-order valence-corrected chi connectivity index (χ2v) is 7.91. The molecule has 1 aliphatic rings. The van der Waals surface area contributed by atoms with Crippen molar-refractivity contribution in [1.82, 2.24) is 0 Å². The van der Waals surface area contributed by atoms with Gasteiger partial charge >= 0.3 is 0 Å². The minimum Gasteiger partial charge on any atom is -0.507 e. The fraction of sp³-hybridized carbons (Fsp3) is 0.120. The van der Waals surface area contributed by atoms with Gasteiger partial charge in [0.15, 0.2) is 0 Å². The predicted octanol–water partition coefficient (Wildman–Crippen LogP) is 5.40. The Hall–Kier alpha value is -3.98. The van der Waals surface area contributed by atoms with E-state index in [9.17, 15) is 27.9 Å². The fourth-order valence-corrected chi connectivity index (χ4v) is 4.14. The molecule has 1 saturated heterocycles. The van der Waals surface area contributed by atoms with Gasteiger partial charge in [0.1, 0.15) is 34.7 Å². The molecule has 10 heteroatoms. The van der Waals surface area contributed by atoms with Gasteiger partial charge in [-0.2, -0.15) is 0 Å². The molecule has 1 N–H and O–H groups in total. The van der Waals surface area contributed by atoms with E-state index in [1.54, 1.807) is 0 Å². The number of anilines is 1. The number of aliphatic hydroxyl groups excluding tert-OH is 1. The minimum absolute atomic E-state index is 0.0292. The first-order chi connectivity index (χ1) is 16.7. The van der Waals surface area contributed by atoms with Crippen LogP contribution >= 0.6 is 11.6 Å². The van der Waals surface area contributed by atoms with E-state index in [2.05, 4.69) is 0 Å². The van der Waals surface area contributed by atoms with Crippen LogP contribution < -0.4 is 14.4 Å². The molecule has 6 nitrogen and oxygen atoms in total. The Balaban J connectivity index is 2.01. The molecule has 180 valence electrons. The van der Waals surface area contributed by atoms with Crippen molar-refractivity contribution in [3.05, 3.63) is 93.8 Å². The molecule has 0 bridgehead atoms. The van der Waals surface area contributed by atoms with Gasteiger partial charge in [-0.15, -0.1) is 0 Å². The molecular formula is C25H17ClF3NO5. The molecule has 3 aromatic carbocycles. The highest BCUT2D eigenvalue weighted by Crippen LogP contribution is 2.45. The lowest BCUT2D eigenvalue weighted by Crippen LogP contribution is -2.30. The molecule has 0 aromatic heterocycles. The molecule has 1 atom stereocenters. The maximum Gasteiger partial charge on any atom is 0.300 e. The summed E-state index contributed by atoms with van der Waals surface area (Å²) in [7, 11) is 2.64. The number of carbonyl (C=O) groups excluding carboxylic acids is 2. The molecule has 0 aliphatic carbocycles. The second kappa shape index (κ2) is 9.34. The highest BCUT2D eigenvalue weighted by Gasteiger charge is 2.48. The van der Waals surface area contributed by atoms with Gasteiger partial charge in [-0.1, -0.05) is 23.7 Å². The molecule has 0 radical (unpaired) electrons. The highest BCUT2D eigenvalue weighted by molar-refractivity contribution is 6.51.